The van der Waals surface area contributed by atoms with Gasteiger partial charge in [0.15, 0.2) is 23.2 Å². The van der Waals surface area contributed by atoms with Crippen LogP contribution < -0.4 is 10.5 Å². The summed E-state index contributed by atoms with van der Waals surface area (Å²) in [5.74, 6) is -3.44. The van der Waals surface area contributed by atoms with Crippen LogP contribution in [-0.2, 0) is 6.42 Å². The number of hydrogen-bond donors (Lipinski definition) is 1. The Labute approximate surface area is 91.2 Å². The fraction of sp³-hybridized carbons (Fsp3) is 0.455. The van der Waals surface area contributed by atoms with Gasteiger partial charge in [-0.05, 0) is 19.3 Å². The summed E-state index contributed by atoms with van der Waals surface area (Å²) in [5, 5.41) is 0. The maximum atomic E-state index is 13.7. The maximum absolute atomic E-state index is 13.7. The zero-order valence-electron chi connectivity index (χ0n) is 8.82. The van der Waals surface area contributed by atoms with Crippen molar-refractivity contribution in [3.8, 4) is 5.75 Å². The van der Waals surface area contributed by atoms with E-state index in [9.17, 15) is 13.2 Å². The van der Waals surface area contributed by atoms with Gasteiger partial charge in [0.05, 0.1) is 7.11 Å². The van der Waals surface area contributed by atoms with Crippen molar-refractivity contribution >= 4 is 0 Å². The number of hydrogen-bond acceptors (Lipinski definition) is 2. The summed E-state index contributed by atoms with van der Waals surface area (Å²) in [4.78, 5) is 0. The van der Waals surface area contributed by atoms with Crippen LogP contribution in [0.4, 0.5) is 13.2 Å². The first kappa shape index (κ1) is 11.3. The third-order valence-corrected chi connectivity index (χ3v) is 2.85. The molecule has 1 aromatic rings. The first-order chi connectivity index (χ1) is 7.47. The van der Waals surface area contributed by atoms with E-state index in [4.69, 9.17) is 5.73 Å². The third-order valence-electron chi connectivity index (χ3n) is 2.85. The van der Waals surface area contributed by atoms with E-state index in [-0.39, 0.29) is 17.7 Å². The lowest BCUT2D eigenvalue weighted by molar-refractivity contribution is 0.369. The highest BCUT2D eigenvalue weighted by Crippen LogP contribution is 2.38. The van der Waals surface area contributed by atoms with E-state index in [2.05, 4.69) is 4.74 Å². The first-order valence-corrected chi connectivity index (χ1v) is 4.96. The summed E-state index contributed by atoms with van der Waals surface area (Å²) >= 11 is 0. The van der Waals surface area contributed by atoms with Gasteiger partial charge in [-0.15, -0.1) is 0 Å². The summed E-state index contributed by atoms with van der Waals surface area (Å²) in [6, 6.07) is 0.699. The van der Waals surface area contributed by atoms with E-state index >= 15 is 0 Å². The van der Waals surface area contributed by atoms with Gasteiger partial charge in [0.2, 0.25) is 0 Å². The highest BCUT2D eigenvalue weighted by atomic mass is 19.2. The summed E-state index contributed by atoms with van der Waals surface area (Å²) in [5.41, 5.74) is 4.86. The largest absolute Gasteiger partial charge is 0.494 e. The molecule has 2 nitrogen and oxygen atoms in total. The van der Waals surface area contributed by atoms with Gasteiger partial charge in [-0.1, -0.05) is 0 Å². The highest BCUT2D eigenvalue weighted by Gasteiger charge is 2.40. The van der Waals surface area contributed by atoms with Crippen LogP contribution in [0.15, 0.2) is 6.07 Å². The second kappa shape index (κ2) is 3.66. The molecular formula is C11H12F3NO. The predicted molar refractivity (Wildman–Crippen MR) is 52.7 cm³/mol. The van der Waals surface area contributed by atoms with Gasteiger partial charge < -0.3 is 10.5 Å². The Morgan fingerprint density at radius 1 is 1.31 bits per heavy atom. The Morgan fingerprint density at radius 3 is 2.44 bits per heavy atom. The summed E-state index contributed by atoms with van der Waals surface area (Å²) in [7, 11) is 1.20. The van der Waals surface area contributed by atoms with Gasteiger partial charge in [-0.3, -0.25) is 0 Å². The Balaban J connectivity index is 2.44. The van der Waals surface area contributed by atoms with Crippen LogP contribution in [0.3, 0.4) is 0 Å². The van der Waals surface area contributed by atoms with E-state index in [0.29, 0.717) is 18.9 Å². The molecule has 0 radical (unpaired) electrons. The van der Waals surface area contributed by atoms with Crippen molar-refractivity contribution < 1.29 is 17.9 Å². The molecule has 1 fully saturated rings. The van der Waals surface area contributed by atoms with Gasteiger partial charge >= 0.3 is 0 Å². The van der Waals surface area contributed by atoms with Crippen LogP contribution in [-0.4, -0.2) is 12.6 Å². The molecule has 0 bridgehead atoms. The molecule has 1 aromatic carbocycles. The Morgan fingerprint density at radius 2 is 1.94 bits per heavy atom. The molecule has 0 heterocycles. The minimum atomic E-state index is -1.17. The standard InChI is InChI=1S/C11H12F3NO/c1-16-8-4-7(12)9(13)6(10(8)14)5-11(15)2-3-11/h4H,2-3,5,15H2,1H3. The molecule has 2 N–H and O–H groups in total. The lowest BCUT2D eigenvalue weighted by atomic mass is 10.0. The molecule has 0 atom stereocenters. The van der Waals surface area contributed by atoms with Crippen LogP contribution in [0.25, 0.3) is 0 Å². The smallest absolute Gasteiger partial charge is 0.171 e. The van der Waals surface area contributed by atoms with E-state index in [1.165, 1.54) is 7.11 Å². The molecule has 1 aliphatic rings. The fourth-order valence-electron chi connectivity index (χ4n) is 1.62. The van der Waals surface area contributed by atoms with Crippen LogP contribution in [0.2, 0.25) is 0 Å². The zero-order valence-corrected chi connectivity index (χ0v) is 8.82. The fourth-order valence-corrected chi connectivity index (χ4v) is 1.62. The van der Waals surface area contributed by atoms with Crippen LogP contribution in [0, 0.1) is 17.5 Å². The summed E-state index contributed by atoms with van der Waals surface area (Å²) < 4.78 is 44.9. The quantitative estimate of drug-likeness (QED) is 0.809. The number of nitrogens with two attached hydrogens (primary N) is 1. The molecule has 5 heteroatoms. The third kappa shape index (κ3) is 1.87. The predicted octanol–water partition coefficient (Wildman–Crippen LogP) is 2.15. The van der Waals surface area contributed by atoms with Crippen molar-refractivity contribution in [2.24, 2.45) is 5.73 Å². The molecular weight excluding hydrogens is 219 g/mol. The Kier molecular flexibility index (Phi) is 2.58. The lowest BCUT2D eigenvalue weighted by Gasteiger charge is -2.13. The summed E-state index contributed by atoms with van der Waals surface area (Å²) in [6.07, 6.45) is 1.40. The van der Waals surface area contributed by atoms with Gasteiger partial charge in [-0.2, -0.15) is 0 Å². The van der Waals surface area contributed by atoms with E-state index < -0.39 is 23.0 Å². The van der Waals surface area contributed by atoms with Crippen LogP contribution >= 0.6 is 0 Å². The Bertz CT molecular complexity index is 430. The number of rotatable bonds is 3. The van der Waals surface area contributed by atoms with Gasteiger partial charge in [0, 0.05) is 17.2 Å². The number of halogens is 3. The number of benzene rings is 1. The van der Waals surface area contributed by atoms with Gasteiger partial charge in [0.25, 0.3) is 0 Å². The zero-order chi connectivity index (χ0) is 11.9. The van der Waals surface area contributed by atoms with Crippen molar-refractivity contribution in [1.82, 2.24) is 0 Å². The monoisotopic (exact) mass is 231 g/mol. The maximum Gasteiger partial charge on any atom is 0.171 e. The van der Waals surface area contributed by atoms with Crippen molar-refractivity contribution in [1.29, 1.82) is 0 Å². The van der Waals surface area contributed by atoms with Crippen molar-refractivity contribution in [3.63, 3.8) is 0 Å². The van der Waals surface area contributed by atoms with Crippen molar-refractivity contribution in [3.05, 3.63) is 29.1 Å². The van der Waals surface area contributed by atoms with E-state index in [1.54, 1.807) is 0 Å². The molecule has 0 amide bonds. The Hall–Kier alpha value is -1.23. The molecule has 1 saturated carbocycles. The molecule has 16 heavy (non-hydrogen) atoms. The molecule has 0 aliphatic heterocycles. The topological polar surface area (TPSA) is 35.2 Å². The van der Waals surface area contributed by atoms with Crippen LogP contribution in [0.1, 0.15) is 18.4 Å². The lowest BCUT2D eigenvalue weighted by Crippen LogP contribution is -2.26. The molecule has 2 rings (SSSR count). The SMILES string of the molecule is COc1cc(F)c(F)c(CC2(N)CC2)c1F. The molecule has 0 spiro atoms. The van der Waals surface area contributed by atoms with E-state index in [0.717, 1.165) is 0 Å². The highest BCUT2D eigenvalue weighted by molar-refractivity contribution is 5.35. The average molecular weight is 231 g/mol. The molecule has 1 aliphatic carbocycles. The average Bonchev–Trinajstić information content (AvgIpc) is 2.97. The number of methoxy groups -OCH3 is 1. The van der Waals surface area contributed by atoms with E-state index in [1.807, 2.05) is 0 Å². The van der Waals surface area contributed by atoms with Gasteiger partial charge in [-0.25, -0.2) is 13.2 Å². The molecule has 88 valence electrons. The van der Waals surface area contributed by atoms with Crippen molar-refractivity contribution in [2.45, 2.75) is 24.8 Å². The molecule has 0 saturated heterocycles. The number of ether oxygens (including phenoxy) is 1. The van der Waals surface area contributed by atoms with Gasteiger partial charge in [0.1, 0.15) is 0 Å². The normalized spacial score (nSPS) is 17.3. The van der Waals surface area contributed by atoms with Crippen molar-refractivity contribution in [2.75, 3.05) is 7.11 Å². The summed E-state index contributed by atoms with van der Waals surface area (Å²) in [6.45, 7) is 0. The second-order valence-electron chi connectivity index (χ2n) is 4.21. The minimum Gasteiger partial charge on any atom is -0.494 e. The molecule has 0 aromatic heterocycles. The minimum absolute atomic E-state index is 0.00120. The first-order valence-electron chi connectivity index (χ1n) is 4.96. The second-order valence-corrected chi connectivity index (χ2v) is 4.21. The molecule has 0 unspecified atom stereocenters. The van der Waals surface area contributed by atoms with Crippen LogP contribution in [0.5, 0.6) is 5.75 Å².